The molecule has 0 radical (unpaired) electrons. The van der Waals surface area contributed by atoms with Crippen LogP contribution in [0.3, 0.4) is 0 Å². The molecule has 5 aliphatic rings. The number of ether oxygens (including phenoxy) is 2. The van der Waals surface area contributed by atoms with E-state index in [4.69, 9.17) is 9.47 Å². The second-order valence-corrected chi connectivity index (χ2v) is 13.1. The van der Waals surface area contributed by atoms with Crippen LogP contribution in [0.2, 0.25) is 0 Å². The number of methoxy groups -OCH3 is 2. The quantitative estimate of drug-likeness (QED) is 0.613. The summed E-state index contributed by atoms with van der Waals surface area (Å²) in [7, 11) is -0.785. The zero-order valence-corrected chi connectivity index (χ0v) is 20.8. The summed E-state index contributed by atoms with van der Waals surface area (Å²) >= 11 is 0. The Morgan fingerprint density at radius 1 is 1.12 bits per heavy atom. The van der Waals surface area contributed by atoms with Crippen LogP contribution in [0.25, 0.3) is 0 Å². The van der Waals surface area contributed by atoms with Crippen molar-refractivity contribution in [3.05, 3.63) is 18.2 Å². The monoisotopic (exact) mass is 489 g/mol. The lowest BCUT2D eigenvalue weighted by atomic mass is 9.51. The molecule has 1 saturated heterocycles. The number of urea groups is 1. The predicted octanol–water partition coefficient (Wildman–Crippen LogP) is 3.12. The Morgan fingerprint density at radius 3 is 2.74 bits per heavy atom. The van der Waals surface area contributed by atoms with Crippen molar-refractivity contribution in [3.8, 4) is 11.5 Å². The minimum absolute atomic E-state index is 0.0322. The lowest BCUT2D eigenvalue weighted by Crippen LogP contribution is -2.68. The van der Waals surface area contributed by atoms with E-state index in [9.17, 15) is 13.2 Å². The van der Waals surface area contributed by atoms with Gasteiger partial charge in [0.05, 0.1) is 14.2 Å². The van der Waals surface area contributed by atoms with Crippen molar-refractivity contribution >= 4 is 16.1 Å². The first kappa shape index (κ1) is 22.5. The van der Waals surface area contributed by atoms with E-state index < -0.39 is 10.0 Å². The van der Waals surface area contributed by atoms with Gasteiger partial charge in [0.1, 0.15) is 16.4 Å². The van der Waals surface area contributed by atoms with Crippen molar-refractivity contribution in [2.45, 2.75) is 67.8 Å². The molecule has 1 spiro atoms. The van der Waals surface area contributed by atoms with Crippen LogP contribution in [0.4, 0.5) is 4.79 Å². The molecule has 9 heteroatoms. The van der Waals surface area contributed by atoms with E-state index in [0.717, 1.165) is 43.4 Å². The lowest BCUT2D eigenvalue weighted by Gasteiger charge is -2.59. The van der Waals surface area contributed by atoms with E-state index in [2.05, 4.69) is 10.6 Å². The Morgan fingerprint density at radius 2 is 1.94 bits per heavy atom. The lowest BCUT2D eigenvalue weighted by molar-refractivity contribution is -0.0457. The number of carbonyl (C=O) groups is 1. The minimum Gasteiger partial charge on any atom is -0.497 e. The van der Waals surface area contributed by atoms with Crippen molar-refractivity contribution in [1.82, 2.24) is 14.9 Å². The van der Waals surface area contributed by atoms with Gasteiger partial charge in [-0.25, -0.2) is 13.2 Å². The maximum Gasteiger partial charge on any atom is 0.315 e. The van der Waals surface area contributed by atoms with Crippen molar-refractivity contribution < 1.29 is 22.7 Å². The van der Waals surface area contributed by atoms with Crippen LogP contribution in [0.15, 0.2) is 23.1 Å². The molecule has 1 aliphatic heterocycles. The Hall–Kier alpha value is -2.00. The highest BCUT2D eigenvalue weighted by atomic mass is 32.2. The molecule has 5 unspecified atom stereocenters. The summed E-state index contributed by atoms with van der Waals surface area (Å²) in [6.07, 6.45) is 8.99. The van der Waals surface area contributed by atoms with Gasteiger partial charge in [-0.15, -0.1) is 0 Å². The van der Waals surface area contributed by atoms with Crippen LogP contribution in [-0.2, 0) is 10.0 Å². The number of rotatable bonds is 7. The molecule has 2 amide bonds. The number of hydrogen-bond acceptors (Lipinski definition) is 5. The highest BCUT2D eigenvalue weighted by Crippen LogP contribution is 2.77. The van der Waals surface area contributed by atoms with Gasteiger partial charge in [0.15, 0.2) is 0 Å². The number of benzene rings is 1. The van der Waals surface area contributed by atoms with Crippen molar-refractivity contribution in [2.24, 2.45) is 23.2 Å². The molecule has 1 aromatic rings. The van der Waals surface area contributed by atoms with Gasteiger partial charge < -0.3 is 20.1 Å². The molecular weight excluding hydrogens is 454 g/mol. The van der Waals surface area contributed by atoms with E-state index in [0.29, 0.717) is 24.3 Å². The average molecular weight is 490 g/mol. The molecule has 3 bridgehead atoms. The minimum atomic E-state index is -3.77. The average Bonchev–Trinajstić information content (AvgIpc) is 3.42. The summed E-state index contributed by atoms with van der Waals surface area (Å²) in [5.41, 5.74) is 0.307. The maximum atomic E-state index is 13.5. The normalized spacial score (nSPS) is 37.8. The van der Waals surface area contributed by atoms with Crippen LogP contribution in [0, 0.1) is 23.2 Å². The third-order valence-corrected chi connectivity index (χ3v) is 11.7. The topological polar surface area (TPSA) is 97.0 Å². The second-order valence-electron chi connectivity index (χ2n) is 11.2. The fourth-order valence-corrected chi connectivity index (χ4v) is 10.4. The van der Waals surface area contributed by atoms with Crippen molar-refractivity contribution in [3.63, 3.8) is 0 Å². The molecule has 0 aromatic heterocycles. The molecule has 1 aromatic carbocycles. The molecule has 8 nitrogen and oxygen atoms in total. The molecule has 5 fully saturated rings. The van der Waals surface area contributed by atoms with Gasteiger partial charge in [-0.2, -0.15) is 4.31 Å². The third kappa shape index (κ3) is 3.11. The smallest absolute Gasteiger partial charge is 0.315 e. The van der Waals surface area contributed by atoms with Crippen LogP contribution in [0.5, 0.6) is 11.5 Å². The summed E-state index contributed by atoms with van der Waals surface area (Å²) in [5.74, 6) is 3.22. The van der Waals surface area contributed by atoms with Crippen molar-refractivity contribution in [2.75, 3.05) is 27.3 Å². The summed E-state index contributed by atoms with van der Waals surface area (Å²) in [6, 6.07) is 4.32. The Bertz CT molecular complexity index is 1100. The molecule has 6 rings (SSSR count). The van der Waals surface area contributed by atoms with Crippen molar-refractivity contribution in [1.29, 1.82) is 0 Å². The summed E-state index contributed by atoms with van der Waals surface area (Å²) in [4.78, 5) is 13.1. The van der Waals surface area contributed by atoms with Gasteiger partial charge in [-0.1, -0.05) is 0 Å². The molecular formula is C25H35N3O5S. The Balaban J connectivity index is 1.13. The SMILES string of the molecule is COc1ccc(S(=O)(=O)N2CCCC2CNC(=O)NC23CC4C[C@@H]5CC(C2)C3(C4)C5)c(OC)c1. The number of fused-ring (bicyclic) bond motifs is 2. The van der Waals surface area contributed by atoms with Gasteiger partial charge in [0.2, 0.25) is 10.0 Å². The second kappa shape index (κ2) is 7.75. The molecule has 2 N–H and O–H groups in total. The van der Waals surface area contributed by atoms with E-state index in [1.165, 1.54) is 50.3 Å². The highest BCUT2D eigenvalue weighted by molar-refractivity contribution is 7.89. The van der Waals surface area contributed by atoms with Gasteiger partial charge in [0.25, 0.3) is 0 Å². The van der Waals surface area contributed by atoms with Gasteiger partial charge in [0, 0.05) is 30.7 Å². The molecule has 186 valence electrons. The number of nitrogens with one attached hydrogen (secondary N) is 2. The van der Waals surface area contributed by atoms with Crippen LogP contribution >= 0.6 is 0 Å². The number of amides is 2. The molecule has 1 heterocycles. The van der Waals surface area contributed by atoms with Crippen LogP contribution in [-0.4, -0.2) is 57.6 Å². The number of carbonyl (C=O) groups excluding carboxylic acids is 1. The fourth-order valence-electron chi connectivity index (χ4n) is 8.52. The zero-order valence-electron chi connectivity index (χ0n) is 20.0. The third-order valence-electron chi connectivity index (χ3n) is 9.69. The zero-order chi connectivity index (χ0) is 23.7. The van der Waals surface area contributed by atoms with E-state index >= 15 is 0 Å². The Labute approximate surface area is 201 Å². The largest absolute Gasteiger partial charge is 0.497 e. The predicted molar refractivity (Wildman–Crippen MR) is 126 cm³/mol. The first-order valence-electron chi connectivity index (χ1n) is 12.6. The maximum absolute atomic E-state index is 13.5. The van der Waals surface area contributed by atoms with E-state index in [1.54, 1.807) is 12.1 Å². The number of sulfonamides is 1. The molecule has 4 saturated carbocycles. The van der Waals surface area contributed by atoms with Gasteiger partial charge in [-0.05, 0) is 86.7 Å². The van der Waals surface area contributed by atoms with Crippen LogP contribution in [0.1, 0.15) is 51.4 Å². The highest BCUT2D eigenvalue weighted by Gasteiger charge is 2.74. The summed E-state index contributed by atoms with van der Waals surface area (Å²) < 4.78 is 39.0. The molecule has 6 atom stereocenters. The van der Waals surface area contributed by atoms with E-state index in [-0.39, 0.29) is 28.3 Å². The van der Waals surface area contributed by atoms with E-state index in [1.807, 2.05) is 0 Å². The summed E-state index contributed by atoms with van der Waals surface area (Å²) in [6.45, 7) is 0.741. The number of nitrogens with zero attached hydrogens (tertiary/aromatic N) is 1. The standard InChI is InChI=1S/C25H35N3O5S/c1-32-20-5-6-22(21(10-20)33-2)34(30,31)28-7-3-4-19(28)15-26-23(29)27-25-13-17-8-16-9-18(14-25)24(25,11-16)12-17/h5-6,10,16-19H,3-4,7-9,11-15H2,1-2H3,(H2,26,27,29)/t16-,17?,18?,19?,24?,25?/m1/s1. The number of hydrogen-bond donors (Lipinski definition) is 2. The van der Waals surface area contributed by atoms with Crippen LogP contribution < -0.4 is 20.1 Å². The van der Waals surface area contributed by atoms with Gasteiger partial charge in [-0.3, -0.25) is 0 Å². The first-order chi connectivity index (χ1) is 16.3. The fraction of sp³-hybridized carbons (Fsp3) is 0.720. The van der Waals surface area contributed by atoms with Gasteiger partial charge >= 0.3 is 6.03 Å². The Kier molecular flexibility index (Phi) is 5.12. The molecule has 4 aliphatic carbocycles. The molecule has 34 heavy (non-hydrogen) atoms. The first-order valence-corrected chi connectivity index (χ1v) is 14.0. The summed E-state index contributed by atoms with van der Waals surface area (Å²) in [5, 5.41) is 6.43.